The Kier molecular flexibility index (Phi) is 6.09. The lowest BCUT2D eigenvalue weighted by Gasteiger charge is -2.33. The summed E-state index contributed by atoms with van der Waals surface area (Å²) in [5, 5.41) is 0.327. The van der Waals surface area contributed by atoms with Crippen molar-refractivity contribution in [3.8, 4) is 5.75 Å². The van der Waals surface area contributed by atoms with Crippen molar-refractivity contribution in [3.05, 3.63) is 23.3 Å². The molecule has 0 spiro atoms. The third-order valence-electron chi connectivity index (χ3n) is 3.96. The van der Waals surface area contributed by atoms with Gasteiger partial charge in [0.05, 0.1) is 30.8 Å². The molecule has 0 saturated carbocycles. The average molecular weight is 384 g/mol. The summed E-state index contributed by atoms with van der Waals surface area (Å²) >= 11 is 3.28. The van der Waals surface area contributed by atoms with Gasteiger partial charge in [-0.25, -0.2) is 0 Å². The molecule has 0 atom stereocenters. The Hall–Kier alpha value is -1.07. The number of alkyl halides is 1. The summed E-state index contributed by atoms with van der Waals surface area (Å²) in [5.74, 6) is 0.987. The fraction of sp³-hybridized carbons (Fsp3) is 0.611. The Morgan fingerprint density at radius 2 is 1.96 bits per heavy atom. The molecule has 1 aromatic carbocycles. The van der Waals surface area contributed by atoms with E-state index in [9.17, 15) is 4.79 Å². The van der Waals surface area contributed by atoms with Crippen LogP contribution in [0, 0.1) is 0 Å². The molecule has 0 aromatic heterocycles. The molecule has 1 aliphatic rings. The van der Waals surface area contributed by atoms with E-state index in [2.05, 4.69) is 41.6 Å². The molecule has 1 aliphatic heterocycles. The second-order valence-electron chi connectivity index (χ2n) is 6.71. The Morgan fingerprint density at radius 3 is 2.48 bits per heavy atom. The molecule has 0 amide bonds. The first-order valence-electron chi connectivity index (χ1n) is 8.11. The molecule has 128 valence electrons. The van der Waals surface area contributed by atoms with Crippen molar-refractivity contribution in [3.63, 3.8) is 0 Å². The molecule has 1 aromatic rings. The summed E-state index contributed by atoms with van der Waals surface area (Å²) < 4.78 is 11.5. The van der Waals surface area contributed by atoms with E-state index in [0.717, 1.165) is 35.7 Å². The van der Waals surface area contributed by atoms with Crippen LogP contribution >= 0.6 is 15.9 Å². The second kappa shape index (κ2) is 7.67. The number of nitrogens with zero attached hydrogens (tertiary/aromatic N) is 1. The molecule has 2 rings (SSSR count). The highest BCUT2D eigenvalue weighted by atomic mass is 79.9. The number of carbonyl (C=O) groups is 1. The van der Waals surface area contributed by atoms with Crippen LogP contribution < -0.4 is 9.64 Å². The topological polar surface area (TPSA) is 38.8 Å². The summed E-state index contributed by atoms with van der Waals surface area (Å²) in [6.45, 7) is 12.1. The lowest BCUT2D eigenvalue weighted by molar-refractivity contribution is 0.102. The molecule has 0 bridgehead atoms. The number of anilines is 1. The van der Waals surface area contributed by atoms with E-state index in [-0.39, 0.29) is 11.2 Å². The van der Waals surface area contributed by atoms with Gasteiger partial charge in [0.15, 0.2) is 5.78 Å². The molecule has 23 heavy (non-hydrogen) atoms. The summed E-state index contributed by atoms with van der Waals surface area (Å²) in [6, 6.07) is 3.95. The van der Waals surface area contributed by atoms with Crippen LogP contribution in [0.3, 0.4) is 0 Å². The van der Waals surface area contributed by atoms with Gasteiger partial charge in [0.2, 0.25) is 0 Å². The zero-order valence-corrected chi connectivity index (χ0v) is 16.0. The van der Waals surface area contributed by atoms with Gasteiger partial charge >= 0.3 is 0 Å². The lowest BCUT2D eigenvalue weighted by Crippen LogP contribution is -2.37. The molecule has 0 N–H and O–H groups in total. The highest BCUT2D eigenvalue weighted by Crippen LogP contribution is 2.40. The van der Waals surface area contributed by atoms with Gasteiger partial charge in [0.1, 0.15) is 5.75 Å². The third-order valence-corrected chi connectivity index (χ3v) is 4.47. The number of ether oxygens (including phenoxy) is 2. The number of halogens is 1. The minimum atomic E-state index is -0.103. The van der Waals surface area contributed by atoms with Crippen LogP contribution in [0.25, 0.3) is 0 Å². The van der Waals surface area contributed by atoms with E-state index in [1.807, 2.05) is 19.1 Å². The molecule has 0 aliphatic carbocycles. The van der Waals surface area contributed by atoms with Gasteiger partial charge in [-0.1, -0.05) is 36.7 Å². The zero-order chi connectivity index (χ0) is 17.0. The SMILES string of the molecule is CCOc1c(N2CCOCC2)cc(C(=O)CBr)cc1C(C)(C)C. The van der Waals surface area contributed by atoms with E-state index < -0.39 is 0 Å². The first kappa shape index (κ1) is 18.3. The van der Waals surface area contributed by atoms with Gasteiger partial charge in [-0.2, -0.15) is 0 Å². The van der Waals surface area contributed by atoms with E-state index >= 15 is 0 Å². The van der Waals surface area contributed by atoms with Crippen LogP contribution in [0.1, 0.15) is 43.6 Å². The molecular weight excluding hydrogens is 358 g/mol. The fourth-order valence-corrected chi connectivity index (χ4v) is 3.07. The molecule has 0 radical (unpaired) electrons. The lowest BCUT2D eigenvalue weighted by atomic mass is 9.84. The molecule has 1 saturated heterocycles. The number of Topliss-reactive ketones (excluding diaryl/α,β-unsaturated/α-hetero) is 1. The zero-order valence-electron chi connectivity index (χ0n) is 14.4. The van der Waals surface area contributed by atoms with Gasteiger partial charge in [0, 0.05) is 24.2 Å². The minimum Gasteiger partial charge on any atom is -0.491 e. The molecule has 5 heteroatoms. The Labute approximate surface area is 147 Å². The Balaban J connectivity index is 2.61. The number of morpholine rings is 1. The number of benzene rings is 1. The minimum absolute atomic E-state index is 0.0908. The van der Waals surface area contributed by atoms with Crippen molar-refractivity contribution in [2.24, 2.45) is 0 Å². The predicted molar refractivity (Wildman–Crippen MR) is 97.5 cm³/mol. The number of hydrogen-bond donors (Lipinski definition) is 0. The van der Waals surface area contributed by atoms with Crippen LogP contribution in [0.4, 0.5) is 5.69 Å². The van der Waals surface area contributed by atoms with Crippen molar-refractivity contribution in [1.29, 1.82) is 0 Å². The van der Waals surface area contributed by atoms with Crippen molar-refractivity contribution in [2.45, 2.75) is 33.1 Å². The van der Waals surface area contributed by atoms with E-state index in [1.165, 1.54) is 0 Å². The van der Waals surface area contributed by atoms with E-state index in [1.54, 1.807) is 0 Å². The monoisotopic (exact) mass is 383 g/mol. The standard InChI is InChI=1S/C18H26BrNO3/c1-5-23-17-14(18(2,3)4)10-13(16(21)12-19)11-15(17)20-6-8-22-9-7-20/h10-11H,5-9,12H2,1-4H3. The number of hydrogen-bond acceptors (Lipinski definition) is 4. The summed E-state index contributed by atoms with van der Waals surface area (Å²) in [4.78, 5) is 14.5. The van der Waals surface area contributed by atoms with E-state index in [4.69, 9.17) is 9.47 Å². The molecule has 1 fully saturated rings. The average Bonchev–Trinajstić information content (AvgIpc) is 2.54. The maximum Gasteiger partial charge on any atom is 0.173 e. The molecular formula is C18H26BrNO3. The summed E-state index contributed by atoms with van der Waals surface area (Å²) in [5.41, 5.74) is 2.71. The molecule has 1 heterocycles. The second-order valence-corrected chi connectivity index (χ2v) is 7.27. The first-order chi connectivity index (χ1) is 10.9. The highest BCUT2D eigenvalue weighted by Gasteiger charge is 2.27. The Morgan fingerprint density at radius 1 is 1.30 bits per heavy atom. The van der Waals surface area contributed by atoms with Crippen molar-refractivity contribution in [1.82, 2.24) is 0 Å². The highest BCUT2D eigenvalue weighted by molar-refractivity contribution is 9.09. The van der Waals surface area contributed by atoms with Crippen LogP contribution in [-0.2, 0) is 10.2 Å². The van der Waals surface area contributed by atoms with Crippen molar-refractivity contribution < 1.29 is 14.3 Å². The van der Waals surface area contributed by atoms with Crippen LogP contribution in [0.15, 0.2) is 12.1 Å². The van der Waals surface area contributed by atoms with Crippen LogP contribution in [0.2, 0.25) is 0 Å². The third kappa shape index (κ3) is 4.27. The molecule has 0 unspecified atom stereocenters. The normalized spacial score (nSPS) is 15.6. The van der Waals surface area contributed by atoms with E-state index in [0.29, 0.717) is 25.2 Å². The Bertz CT molecular complexity index is 560. The number of rotatable bonds is 5. The van der Waals surface area contributed by atoms with Gasteiger partial charge in [-0.15, -0.1) is 0 Å². The van der Waals surface area contributed by atoms with Gasteiger partial charge < -0.3 is 14.4 Å². The maximum atomic E-state index is 12.3. The van der Waals surface area contributed by atoms with Crippen molar-refractivity contribution in [2.75, 3.05) is 43.1 Å². The van der Waals surface area contributed by atoms with Crippen molar-refractivity contribution >= 4 is 27.4 Å². The summed E-state index contributed by atoms with van der Waals surface area (Å²) in [6.07, 6.45) is 0. The maximum absolute atomic E-state index is 12.3. The van der Waals surface area contributed by atoms with Gasteiger partial charge in [0.25, 0.3) is 0 Å². The summed E-state index contributed by atoms with van der Waals surface area (Å²) in [7, 11) is 0. The number of ketones is 1. The fourth-order valence-electron chi connectivity index (χ4n) is 2.74. The van der Waals surface area contributed by atoms with Gasteiger partial charge in [-0.3, -0.25) is 4.79 Å². The van der Waals surface area contributed by atoms with Crippen LogP contribution in [-0.4, -0.2) is 44.0 Å². The smallest absolute Gasteiger partial charge is 0.173 e. The first-order valence-corrected chi connectivity index (χ1v) is 9.23. The molecule has 4 nitrogen and oxygen atoms in total. The van der Waals surface area contributed by atoms with Gasteiger partial charge in [-0.05, 0) is 24.5 Å². The number of carbonyl (C=O) groups excluding carboxylic acids is 1. The van der Waals surface area contributed by atoms with Crippen LogP contribution in [0.5, 0.6) is 5.75 Å². The quantitative estimate of drug-likeness (QED) is 0.572. The largest absolute Gasteiger partial charge is 0.491 e. The predicted octanol–water partition coefficient (Wildman–Crippen LogP) is 3.80.